The number of nitrogens with zero attached hydrogens (tertiary/aromatic N) is 1. The molecule has 1 atom stereocenters. The topological polar surface area (TPSA) is 37.4 Å². The molecule has 0 radical (unpaired) electrons. The second-order valence-corrected chi connectivity index (χ2v) is 7.13. The van der Waals surface area contributed by atoms with Crippen LogP contribution in [0.3, 0.4) is 0 Å². The highest BCUT2D eigenvalue weighted by molar-refractivity contribution is 7.84. The molecule has 0 heterocycles. The van der Waals surface area contributed by atoms with Crippen LogP contribution >= 0.6 is 0 Å². The fourth-order valence-electron chi connectivity index (χ4n) is 2.28. The van der Waals surface area contributed by atoms with Crippen LogP contribution in [0.4, 0.5) is 0 Å². The Hall–Kier alpha value is -1.16. The van der Waals surface area contributed by atoms with Gasteiger partial charge in [-0.3, -0.25) is 9.00 Å². The van der Waals surface area contributed by atoms with Crippen LogP contribution in [0, 0.1) is 20.8 Å². The highest BCUT2D eigenvalue weighted by atomic mass is 32.2. The molecule has 0 spiro atoms. The zero-order chi connectivity index (χ0) is 15.3. The number of hydrogen-bond acceptors (Lipinski definition) is 2. The Morgan fingerprint density at radius 1 is 1.15 bits per heavy atom. The van der Waals surface area contributed by atoms with Crippen molar-refractivity contribution in [3.8, 4) is 0 Å². The van der Waals surface area contributed by atoms with Gasteiger partial charge in [0.25, 0.3) is 0 Å². The summed E-state index contributed by atoms with van der Waals surface area (Å²) in [6, 6.07) is 4.27. The van der Waals surface area contributed by atoms with Crippen molar-refractivity contribution in [2.24, 2.45) is 0 Å². The van der Waals surface area contributed by atoms with Crippen molar-refractivity contribution in [3.63, 3.8) is 0 Å². The van der Waals surface area contributed by atoms with E-state index in [1.165, 1.54) is 22.3 Å². The Morgan fingerprint density at radius 2 is 1.70 bits per heavy atom. The molecule has 0 saturated carbocycles. The van der Waals surface area contributed by atoms with Crippen molar-refractivity contribution in [3.05, 3.63) is 34.4 Å². The lowest BCUT2D eigenvalue weighted by atomic mass is 10.0. The van der Waals surface area contributed by atoms with Crippen LogP contribution in [0.2, 0.25) is 0 Å². The summed E-state index contributed by atoms with van der Waals surface area (Å²) in [6.45, 7) is 6.22. The number of hydrogen-bond donors (Lipinski definition) is 0. The van der Waals surface area contributed by atoms with Gasteiger partial charge in [-0.15, -0.1) is 0 Å². The molecule has 0 unspecified atom stereocenters. The highest BCUT2D eigenvalue weighted by Crippen LogP contribution is 2.18. The molecule has 1 rings (SSSR count). The monoisotopic (exact) mass is 295 g/mol. The van der Waals surface area contributed by atoms with Crippen molar-refractivity contribution >= 4 is 16.7 Å². The average Bonchev–Trinajstić information content (AvgIpc) is 2.33. The van der Waals surface area contributed by atoms with Gasteiger partial charge in [-0.25, -0.2) is 0 Å². The lowest BCUT2D eigenvalue weighted by Crippen LogP contribution is -2.21. The summed E-state index contributed by atoms with van der Waals surface area (Å²) in [5.41, 5.74) is 4.85. The van der Waals surface area contributed by atoms with Gasteiger partial charge in [0, 0.05) is 42.8 Å². The number of rotatable bonds is 6. The summed E-state index contributed by atoms with van der Waals surface area (Å²) < 4.78 is 12.1. The lowest BCUT2D eigenvalue weighted by Gasteiger charge is -2.12. The van der Waals surface area contributed by atoms with E-state index in [1.54, 1.807) is 19.0 Å². The standard InChI is InChI=1S/C16H25NO2S/c1-12-9-13(2)15(14(3)10-12)11-20(19)8-6-7-16(18)17(4)5/h9-10H,6-8,11H2,1-5H3/t20-/m0/s1. The Bertz CT molecular complexity index is 486. The van der Waals surface area contributed by atoms with Gasteiger partial charge in [-0.1, -0.05) is 17.7 Å². The van der Waals surface area contributed by atoms with Gasteiger partial charge < -0.3 is 4.90 Å². The minimum atomic E-state index is -0.899. The first kappa shape index (κ1) is 16.9. The maximum atomic E-state index is 12.1. The maximum Gasteiger partial charge on any atom is 0.222 e. The third kappa shape index (κ3) is 5.08. The zero-order valence-corrected chi connectivity index (χ0v) is 14.0. The van der Waals surface area contributed by atoms with Gasteiger partial charge in [0.05, 0.1) is 0 Å². The molecule has 20 heavy (non-hydrogen) atoms. The van der Waals surface area contributed by atoms with E-state index < -0.39 is 10.8 Å². The van der Waals surface area contributed by atoms with Crippen LogP contribution in [0.15, 0.2) is 12.1 Å². The van der Waals surface area contributed by atoms with E-state index in [4.69, 9.17) is 0 Å². The number of benzene rings is 1. The van der Waals surface area contributed by atoms with Crippen LogP contribution in [0.5, 0.6) is 0 Å². The minimum absolute atomic E-state index is 0.102. The molecule has 0 fully saturated rings. The van der Waals surface area contributed by atoms with E-state index in [0.29, 0.717) is 24.3 Å². The minimum Gasteiger partial charge on any atom is -0.349 e. The van der Waals surface area contributed by atoms with Gasteiger partial charge in [0.2, 0.25) is 5.91 Å². The lowest BCUT2D eigenvalue weighted by molar-refractivity contribution is -0.128. The second-order valence-electron chi connectivity index (χ2n) is 5.56. The summed E-state index contributed by atoms with van der Waals surface area (Å²) in [4.78, 5) is 13.0. The largest absolute Gasteiger partial charge is 0.349 e. The average molecular weight is 295 g/mol. The van der Waals surface area contributed by atoms with E-state index in [2.05, 4.69) is 32.9 Å². The molecular weight excluding hydrogens is 270 g/mol. The van der Waals surface area contributed by atoms with E-state index in [-0.39, 0.29) is 5.91 Å². The third-order valence-corrected chi connectivity index (χ3v) is 4.76. The predicted molar refractivity (Wildman–Crippen MR) is 85.3 cm³/mol. The van der Waals surface area contributed by atoms with Gasteiger partial charge in [0.1, 0.15) is 0 Å². The predicted octanol–water partition coefficient (Wildman–Crippen LogP) is 2.73. The normalized spacial score (nSPS) is 12.2. The molecule has 1 aromatic rings. The summed E-state index contributed by atoms with van der Waals surface area (Å²) in [6.07, 6.45) is 1.16. The molecule has 0 aliphatic heterocycles. The molecule has 112 valence electrons. The van der Waals surface area contributed by atoms with Gasteiger partial charge in [0.15, 0.2) is 0 Å². The Balaban J connectivity index is 2.53. The van der Waals surface area contributed by atoms with Crippen molar-refractivity contribution in [2.75, 3.05) is 19.8 Å². The van der Waals surface area contributed by atoms with Crippen molar-refractivity contribution in [1.29, 1.82) is 0 Å². The number of aryl methyl sites for hydroxylation is 3. The maximum absolute atomic E-state index is 12.1. The smallest absolute Gasteiger partial charge is 0.222 e. The first-order valence-electron chi connectivity index (χ1n) is 6.93. The van der Waals surface area contributed by atoms with Gasteiger partial charge >= 0.3 is 0 Å². The summed E-state index contributed by atoms with van der Waals surface area (Å²) in [5, 5.41) is 0. The first-order chi connectivity index (χ1) is 9.31. The summed E-state index contributed by atoms with van der Waals surface area (Å²) in [7, 11) is 2.60. The van der Waals surface area contributed by atoms with Crippen molar-refractivity contribution in [2.45, 2.75) is 39.4 Å². The Kier molecular flexibility index (Phi) is 6.40. The molecule has 0 aromatic heterocycles. The molecular formula is C16H25NO2S. The van der Waals surface area contributed by atoms with E-state index in [1.807, 2.05) is 0 Å². The fourth-order valence-corrected chi connectivity index (χ4v) is 3.67. The van der Waals surface area contributed by atoms with Crippen molar-refractivity contribution < 1.29 is 9.00 Å². The number of carbonyl (C=O) groups is 1. The molecule has 0 aliphatic carbocycles. The first-order valence-corrected chi connectivity index (χ1v) is 8.42. The van der Waals surface area contributed by atoms with E-state index in [9.17, 15) is 9.00 Å². The molecule has 4 heteroatoms. The van der Waals surface area contributed by atoms with Gasteiger partial charge in [-0.2, -0.15) is 0 Å². The second kappa shape index (κ2) is 7.58. The van der Waals surface area contributed by atoms with Crippen LogP contribution in [-0.2, 0) is 21.3 Å². The summed E-state index contributed by atoms with van der Waals surface area (Å²) in [5.74, 6) is 1.28. The molecule has 3 nitrogen and oxygen atoms in total. The Labute approximate surface area is 124 Å². The van der Waals surface area contributed by atoms with E-state index in [0.717, 1.165) is 0 Å². The number of amides is 1. The zero-order valence-electron chi connectivity index (χ0n) is 13.2. The van der Waals surface area contributed by atoms with Crippen LogP contribution in [0.1, 0.15) is 35.1 Å². The molecule has 0 aliphatic rings. The molecule has 0 saturated heterocycles. The fraction of sp³-hybridized carbons (Fsp3) is 0.562. The third-order valence-electron chi connectivity index (χ3n) is 3.41. The Morgan fingerprint density at radius 3 is 2.20 bits per heavy atom. The van der Waals surface area contributed by atoms with Crippen molar-refractivity contribution in [1.82, 2.24) is 4.90 Å². The SMILES string of the molecule is Cc1cc(C)c(C[S@@](=O)CCCC(=O)N(C)C)c(C)c1. The van der Waals surface area contributed by atoms with Crippen LogP contribution in [0.25, 0.3) is 0 Å². The van der Waals surface area contributed by atoms with E-state index >= 15 is 0 Å². The molecule has 0 N–H and O–H groups in total. The quantitative estimate of drug-likeness (QED) is 0.809. The molecule has 0 bridgehead atoms. The highest BCUT2D eigenvalue weighted by Gasteiger charge is 2.10. The summed E-state index contributed by atoms with van der Waals surface area (Å²) >= 11 is 0. The van der Waals surface area contributed by atoms with Crippen LogP contribution in [-0.4, -0.2) is 34.9 Å². The van der Waals surface area contributed by atoms with Crippen LogP contribution < -0.4 is 0 Å². The molecule has 1 amide bonds. The molecule has 1 aromatic carbocycles. The number of carbonyl (C=O) groups excluding carboxylic acids is 1. The van der Waals surface area contributed by atoms with Gasteiger partial charge in [-0.05, 0) is 43.9 Å².